The second kappa shape index (κ2) is 6.84. The van der Waals surface area contributed by atoms with Crippen LogP contribution in [0.25, 0.3) is 10.2 Å². The molecule has 0 unspecified atom stereocenters. The molecule has 3 heterocycles. The summed E-state index contributed by atoms with van der Waals surface area (Å²) in [5.74, 6) is 0. The first kappa shape index (κ1) is 15.5. The van der Waals surface area contributed by atoms with Crippen LogP contribution in [-0.2, 0) is 6.54 Å². The number of thiophene rings is 1. The molecule has 0 aliphatic rings. The molecule has 0 fully saturated rings. The van der Waals surface area contributed by atoms with Gasteiger partial charge in [0.1, 0.15) is 16.2 Å². The molecule has 0 radical (unpaired) electrons. The van der Waals surface area contributed by atoms with E-state index in [9.17, 15) is 0 Å². The molecule has 4 rings (SSSR count). The molecule has 120 valence electrons. The zero-order valence-electron chi connectivity index (χ0n) is 12.8. The van der Waals surface area contributed by atoms with Crippen LogP contribution in [0, 0.1) is 6.92 Å². The van der Waals surface area contributed by atoms with E-state index in [1.54, 1.807) is 17.7 Å². The summed E-state index contributed by atoms with van der Waals surface area (Å²) >= 11 is 4.75. The quantitative estimate of drug-likeness (QED) is 0.517. The Morgan fingerprint density at radius 3 is 2.83 bits per heavy atom. The van der Waals surface area contributed by atoms with Crippen LogP contribution >= 0.6 is 34.4 Å². The van der Waals surface area contributed by atoms with Crippen molar-refractivity contribution >= 4 is 49.8 Å². The van der Waals surface area contributed by atoms with Gasteiger partial charge in [0.15, 0.2) is 4.34 Å². The molecule has 0 atom stereocenters. The lowest BCUT2D eigenvalue weighted by Crippen LogP contribution is -1.98. The van der Waals surface area contributed by atoms with Crippen LogP contribution in [-0.4, -0.2) is 20.2 Å². The monoisotopic (exact) mass is 371 g/mol. The van der Waals surface area contributed by atoms with Crippen LogP contribution in [0.4, 0.5) is 5.13 Å². The summed E-state index contributed by atoms with van der Waals surface area (Å²) in [4.78, 5) is 11.0. The summed E-state index contributed by atoms with van der Waals surface area (Å²) < 4.78 is 0.870. The summed E-state index contributed by atoms with van der Waals surface area (Å²) in [6.07, 6.45) is 1.61. The standard InChI is InChI=1S/C16H13N5S3/c1-10-7-12-13(22-10)18-9-19-14(12)23-16-21-20-15(24-16)17-8-11-5-3-2-4-6-11/h2-7,9H,8H2,1H3,(H,17,20). The molecule has 0 aliphatic carbocycles. The molecule has 0 bridgehead atoms. The first-order valence-corrected chi connectivity index (χ1v) is 9.73. The van der Waals surface area contributed by atoms with Gasteiger partial charge < -0.3 is 5.32 Å². The minimum Gasteiger partial charge on any atom is -0.356 e. The third-order valence-corrected chi connectivity index (χ3v) is 6.20. The van der Waals surface area contributed by atoms with Crippen LogP contribution in [0.1, 0.15) is 10.4 Å². The predicted octanol–water partition coefficient (Wildman–Crippen LogP) is 4.61. The van der Waals surface area contributed by atoms with E-state index < -0.39 is 0 Å². The number of fused-ring (bicyclic) bond motifs is 1. The minimum absolute atomic E-state index is 0.738. The summed E-state index contributed by atoms with van der Waals surface area (Å²) in [7, 11) is 0. The van der Waals surface area contributed by atoms with Crippen molar-refractivity contribution in [2.24, 2.45) is 0 Å². The highest BCUT2D eigenvalue weighted by molar-refractivity contribution is 8.01. The average molecular weight is 372 g/mol. The Hall–Kier alpha value is -2.03. The van der Waals surface area contributed by atoms with Gasteiger partial charge in [0.05, 0.1) is 0 Å². The fraction of sp³-hybridized carbons (Fsp3) is 0.125. The van der Waals surface area contributed by atoms with Crippen molar-refractivity contribution in [3.8, 4) is 0 Å². The van der Waals surface area contributed by atoms with Gasteiger partial charge >= 0.3 is 0 Å². The summed E-state index contributed by atoms with van der Waals surface area (Å²) in [6.45, 7) is 2.82. The molecule has 8 heteroatoms. The van der Waals surface area contributed by atoms with Crippen molar-refractivity contribution < 1.29 is 0 Å². The fourth-order valence-electron chi connectivity index (χ4n) is 2.21. The number of nitrogens with one attached hydrogen (secondary N) is 1. The maximum Gasteiger partial charge on any atom is 0.206 e. The Labute approximate surface area is 151 Å². The van der Waals surface area contributed by atoms with E-state index >= 15 is 0 Å². The Morgan fingerprint density at radius 1 is 1.08 bits per heavy atom. The Bertz CT molecular complexity index is 964. The van der Waals surface area contributed by atoms with Crippen molar-refractivity contribution in [3.05, 3.63) is 53.2 Å². The highest BCUT2D eigenvalue weighted by Gasteiger charge is 2.12. The maximum atomic E-state index is 4.40. The van der Waals surface area contributed by atoms with E-state index in [4.69, 9.17) is 0 Å². The van der Waals surface area contributed by atoms with Crippen molar-refractivity contribution in [1.82, 2.24) is 20.2 Å². The first-order chi connectivity index (χ1) is 11.8. The zero-order chi connectivity index (χ0) is 16.4. The van der Waals surface area contributed by atoms with Crippen LogP contribution < -0.4 is 5.32 Å². The Kier molecular flexibility index (Phi) is 4.42. The molecule has 0 spiro atoms. The fourth-order valence-corrected chi connectivity index (χ4v) is 4.85. The number of aryl methyl sites for hydroxylation is 1. The van der Waals surface area contributed by atoms with E-state index in [2.05, 4.69) is 50.6 Å². The molecule has 4 aromatic rings. The van der Waals surface area contributed by atoms with Crippen molar-refractivity contribution in [1.29, 1.82) is 0 Å². The SMILES string of the molecule is Cc1cc2c(Sc3nnc(NCc4ccccc4)s3)ncnc2s1. The number of nitrogens with zero attached hydrogens (tertiary/aromatic N) is 4. The molecule has 24 heavy (non-hydrogen) atoms. The molecular formula is C16H13N5S3. The van der Waals surface area contributed by atoms with Gasteiger partial charge in [-0.3, -0.25) is 0 Å². The van der Waals surface area contributed by atoms with E-state index in [0.29, 0.717) is 0 Å². The third kappa shape index (κ3) is 3.40. The number of hydrogen-bond donors (Lipinski definition) is 1. The topological polar surface area (TPSA) is 63.6 Å². The summed E-state index contributed by atoms with van der Waals surface area (Å²) in [5.41, 5.74) is 1.22. The largest absolute Gasteiger partial charge is 0.356 e. The Morgan fingerprint density at radius 2 is 1.96 bits per heavy atom. The van der Waals surface area contributed by atoms with Gasteiger partial charge in [-0.1, -0.05) is 41.7 Å². The molecule has 0 saturated heterocycles. The lowest BCUT2D eigenvalue weighted by atomic mass is 10.2. The van der Waals surface area contributed by atoms with Crippen LogP contribution in [0.5, 0.6) is 0 Å². The number of hydrogen-bond acceptors (Lipinski definition) is 8. The zero-order valence-corrected chi connectivity index (χ0v) is 15.2. The van der Waals surface area contributed by atoms with Crippen molar-refractivity contribution in [2.45, 2.75) is 22.8 Å². The highest BCUT2D eigenvalue weighted by Crippen LogP contribution is 2.36. The van der Waals surface area contributed by atoms with E-state index in [0.717, 1.165) is 31.3 Å². The molecule has 0 aliphatic heterocycles. The summed E-state index contributed by atoms with van der Waals surface area (Å²) in [5, 5.41) is 14.6. The minimum atomic E-state index is 0.738. The van der Waals surface area contributed by atoms with Crippen molar-refractivity contribution in [2.75, 3.05) is 5.32 Å². The molecule has 5 nitrogen and oxygen atoms in total. The van der Waals surface area contributed by atoms with Gasteiger partial charge in [-0.25, -0.2) is 9.97 Å². The summed E-state index contributed by atoms with van der Waals surface area (Å²) in [6, 6.07) is 12.4. The first-order valence-electron chi connectivity index (χ1n) is 7.28. The van der Waals surface area contributed by atoms with E-state index in [1.165, 1.54) is 33.5 Å². The van der Waals surface area contributed by atoms with Crippen LogP contribution in [0.3, 0.4) is 0 Å². The van der Waals surface area contributed by atoms with Crippen molar-refractivity contribution in [3.63, 3.8) is 0 Å². The average Bonchev–Trinajstić information content (AvgIpc) is 3.20. The molecular weight excluding hydrogens is 358 g/mol. The number of aromatic nitrogens is 4. The molecule has 0 saturated carbocycles. The van der Waals surface area contributed by atoms with Gasteiger partial charge in [0.2, 0.25) is 5.13 Å². The highest BCUT2D eigenvalue weighted by atomic mass is 32.2. The predicted molar refractivity (Wildman–Crippen MR) is 100.0 cm³/mol. The van der Waals surface area contributed by atoms with E-state index in [-0.39, 0.29) is 0 Å². The number of anilines is 1. The normalized spacial score (nSPS) is 11.0. The molecule has 0 amide bonds. The van der Waals surface area contributed by atoms with Gasteiger partial charge in [-0.05, 0) is 30.3 Å². The molecule has 3 aromatic heterocycles. The van der Waals surface area contributed by atoms with Crippen LogP contribution in [0.2, 0.25) is 0 Å². The molecule has 1 aromatic carbocycles. The lowest BCUT2D eigenvalue weighted by molar-refractivity contribution is 0.992. The van der Waals surface area contributed by atoms with E-state index in [1.807, 2.05) is 18.2 Å². The third-order valence-electron chi connectivity index (χ3n) is 3.29. The van der Waals surface area contributed by atoms with Gasteiger partial charge in [-0.15, -0.1) is 21.5 Å². The van der Waals surface area contributed by atoms with Crippen LogP contribution in [0.15, 0.2) is 52.1 Å². The second-order valence-electron chi connectivity index (χ2n) is 5.07. The maximum absolute atomic E-state index is 4.40. The Balaban J connectivity index is 1.48. The number of benzene rings is 1. The lowest BCUT2D eigenvalue weighted by Gasteiger charge is -2.01. The molecule has 1 N–H and O–H groups in total. The number of rotatable bonds is 5. The van der Waals surface area contributed by atoms with Gasteiger partial charge in [-0.2, -0.15) is 0 Å². The smallest absolute Gasteiger partial charge is 0.206 e. The van der Waals surface area contributed by atoms with Gasteiger partial charge in [0, 0.05) is 16.8 Å². The van der Waals surface area contributed by atoms with Gasteiger partial charge in [0.25, 0.3) is 0 Å². The second-order valence-corrected chi connectivity index (χ2v) is 8.52.